The number of hydrogen-bond acceptors (Lipinski definition) is 3. The normalized spacial score (nSPS) is 12.4. The summed E-state index contributed by atoms with van der Waals surface area (Å²) in [6.07, 6.45) is 5.05. The Morgan fingerprint density at radius 2 is 1.84 bits per heavy atom. The molecule has 0 bridgehead atoms. The van der Waals surface area contributed by atoms with Gasteiger partial charge in [-0.05, 0) is 25.7 Å². The molecule has 0 aliphatic rings. The largest absolute Gasteiger partial charge is 0.368 e. The van der Waals surface area contributed by atoms with Crippen molar-refractivity contribution >= 4 is 11.8 Å². The molecule has 0 aromatic heterocycles. The molecule has 1 unspecified atom stereocenters. The topological polar surface area (TPSA) is 84.2 Å². The van der Waals surface area contributed by atoms with Crippen LogP contribution in [-0.4, -0.2) is 30.4 Å². The lowest BCUT2D eigenvalue weighted by atomic mass is 10.1. The van der Waals surface area contributed by atoms with E-state index in [-0.39, 0.29) is 23.9 Å². The Labute approximate surface area is 116 Å². The average molecular weight is 271 g/mol. The van der Waals surface area contributed by atoms with Gasteiger partial charge in [0.05, 0.1) is 6.04 Å². The molecule has 0 aromatic rings. The average Bonchev–Trinajstić information content (AvgIpc) is 2.33. The van der Waals surface area contributed by atoms with E-state index in [1.807, 2.05) is 13.8 Å². The second-order valence-corrected chi connectivity index (χ2v) is 5.23. The summed E-state index contributed by atoms with van der Waals surface area (Å²) in [6.45, 7) is 6.72. The highest BCUT2D eigenvalue weighted by atomic mass is 16.2. The molecule has 0 saturated carbocycles. The number of unbranched alkanes of at least 4 members (excludes halogenated alkanes) is 2. The van der Waals surface area contributed by atoms with Gasteiger partial charge >= 0.3 is 0 Å². The van der Waals surface area contributed by atoms with Crippen molar-refractivity contribution in [3.8, 4) is 0 Å². The van der Waals surface area contributed by atoms with E-state index in [4.69, 9.17) is 5.73 Å². The second-order valence-electron chi connectivity index (χ2n) is 5.23. The van der Waals surface area contributed by atoms with Crippen LogP contribution in [0.2, 0.25) is 0 Å². The van der Waals surface area contributed by atoms with E-state index in [9.17, 15) is 9.59 Å². The molecule has 0 fully saturated rings. The molecule has 2 amide bonds. The van der Waals surface area contributed by atoms with Gasteiger partial charge in [0.1, 0.15) is 0 Å². The van der Waals surface area contributed by atoms with Crippen LogP contribution in [0.5, 0.6) is 0 Å². The second kappa shape index (κ2) is 10.8. The fraction of sp³-hybridized carbons (Fsp3) is 0.857. The van der Waals surface area contributed by atoms with Gasteiger partial charge in [-0.2, -0.15) is 0 Å². The lowest BCUT2D eigenvalue weighted by molar-refractivity contribution is -0.121. The zero-order chi connectivity index (χ0) is 14.7. The first-order valence-electron chi connectivity index (χ1n) is 7.29. The number of amides is 2. The first-order chi connectivity index (χ1) is 8.97. The number of nitrogens with two attached hydrogens (primary N) is 1. The van der Waals surface area contributed by atoms with E-state index in [2.05, 4.69) is 17.6 Å². The third-order valence-electron chi connectivity index (χ3n) is 2.88. The van der Waals surface area contributed by atoms with Crippen LogP contribution in [0.4, 0.5) is 0 Å². The molecule has 4 N–H and O–H groups in total. The summed E-state index contributed by atoms with van der Waals surface area (Å²) in [4.78, 5) is 22.6. The van der Waals surface area contributed by atoms with Crippen LogP contribution in [0.1, 0.15) is 59.3 Å². The van der Waals surface area contributed by atoms with Crippen molar-refractivity contribution in [3.63, 3.8) is 0 Å². The molecule has 112 valence electrons. The molecule has 0 heterocycles. The van der Waals surface area contributed by atoms with Crippen molar-refractivity contribution in [2.24, 2.45) is 5.73 Å². The Morgan fingerprint density at radius 1 is 1.16 bits per heavy atom. The maximum atomic E-state index is 11.4. The predicted molar refractivity (Wildman–Crippen MR) is 77.6 cm³/mol. The number of carbonyl (C=O) groups is 2. The van der Waals surface area contributed by atoms with Crippen LogP contribution in [0.25, 0.3) is 0 Å². The first-order valence-corrected chi connectivity index (χ1v) is 7.29. The van der Waals surface area contributed by atoms with Gasteiger partial charge < -0.3 is 16.4 Å². The summed E-state index contributed by atoms with van der Waals surface area (Å²) in [5, 5.41) is 6.03. The highest BCUT2D eigenvalue weighted by molar-refractivity contribution is 5.79. The highest BCUT2D eigenvalue weighted by Crippen LogP contribution is 2.02. The van der Waals surface area contributed by atoms with Gasteiger partial charge in [-0.3, -0.25) is 9.59 Å². The number of primary amides is 1. The third-order valence-corrected chi connectivity index (χ3v) is 2.88. The van der Waals surface area contributed by atoms with Gasteiger partial charge in [0.25, 0.3) is 0 Å². The van der Waals surface area contributed by atoms with Crippen molar-refractivity contribution < 1.29 is 9.59 Å². The van der Waals surface area contributed by atoms with Gasteiger partial charge in [-0.25, -0.2) is 0 Å². The molecule has 0 aromatic carbocycles. The lowest BCUT2D eigenvalue weighted by Crippen LogP contribution is -2.44. The molecular weight excluding hydrogens is 242 g/mol. The fourth-order valence-electron chi connectivity index (χ4n) is 1.84. The van der Waals surface area contributed by atoms with Gasteiger partial charge in [-0.1, -0.05) is 27.2 Å². The zero-order valence-corrected chi connectivity index (χ0v) is 12.5. The molecule has 0 rings (SSSR count). The van der Waals surface area contributed by atoms with Crippen LogP contribution in [0.3, 0.4) is 0 Å². The Hall–Kier alpha value is -1.10. The lowest BCUT2D eigenvalue weighted by Gasteiger charge is -2.18. The number of nitrogens with one attached hydrogen (secondary N) is 2. The highest BCUT2D eigenvalue weighted by Gasteiger charge is 2.15. The van der Waals surface area contributed by atoms with Crippen LogP contribution >= 0.6 is 0 Å². The number of carbonyl (C=O) groups excluding carboxylic acids is 2. The summed E-state index contributed by atoms with van der Waals surface area (Å²) in [7, 11) is 0. The minimum Gasteiger partial charge on any atom is -0.368 e. The van der Waals surface area contributed by atoms with Crippen LogP contribution < -0.4 is 16.4 Å². The van der Waals surface area contributed by atoms with E-state index in [0.717, 1.165) is 32.1 Å². The predicted octanol–water partition coefficient (Wildman–Crippen LogP) is 1.32. The van der Waals surface area contributed by atoms with Gasteiger partial charge in [0.2, 0.25) is 11.8 Å². The third kappa shape index (κ3) is 10.5. The van der Waals surface area contributed by atoms with Crippen molar-refractivity contribution in [1.82, 2.24) is 10.6 Å². The Morgan fingerprint density at radius 3 is 2.37 bits per heavy atom. The zero-order valence-electron chi connectivity index (χ0n) is 12.5. The van der Waals surface area contributed by atoms with E-state index < -0.39 is 0 Å². The van der Waals surface area contributed by atoms with Crippen molar-refractivity contribution in [1.29, 1.82) is 0 Å². The molecule has 0 saturated heterocycles. The van der Waals surface area contributed by atoms with Crippen LogP contribution in [0.15, 0.2) is 0 Å². The Kier molecular flexibility index (Phi) is 10.2. The van der Waals surface area contributed by atoms with Gasteiger partial charge in [-0.15, -0.1) is 0 Å². The fourth-order valence-corrected chi connectivity index (χ4v) is 1.84. The van der Waals surface area contributed by atoms with E-state index in [1.165, 1.54) is 0 Å². The Balaban J connectivity index is 3.65. The molecule has 1 atom stereocenters. The molecular formula is C14H29N3O2. The van der Waals surface area contributed by atoms with Crippen LogP contribution in [-0.2, 0) is 9.59 Å². The van der Waals surface area contributed by atoms with E-state index in [1.54, 1.807) is 0 Å². The summed E-state index contributed by atoms with van der Waals surface area (Å²) >= 11 is 0. The molecule has 0 aliphatic carbocycles. The maximum Gasteiger partial charge on any atom is 0.234 e. The van der Waals surface area contributed by atoms with E-state index >= 15 is 0 Å². The number of hydrogen-bond donors (Lipinski definition) is 3. The molecule has 5 heteroatoms. The molecule has 0 radical (unpaired) electrons. The summed E-state index contributed by atoms with van der Waals surface area (Å²) in [6, 6.07) is -0.0259. The minimum absolute atomic E-state index is 0.119. The van der Waals surface area contributed by atoms with Gasteiger partial charge in [0, 0.05) is 19.0 Å². The number of rotatable bonds is 11. The SMILES string of the molecule is CCCCC(=O)NCCCCC(NC(C)C)C(N)=O. The molecule has 5 nitrogen and oxygen atoms in total. The molecule has 19 heavy (non-hydrogen) atoms. The van der Waals surface area contributed by atoms with E-state index in [0.29, 0.717) is 13.0 Å². The smallest absolute Gasteiger partial charge is 0.234 e. The maximum absolute atomic E-state index is 11.4. The van der Waals surface area contributed by atoms with Crippen LogP contribution in [0, 0.1) is 0 Å². The first kappa shape index (κ1) is 17.9. The quantitative estimate of drug-likeness (QED) is 0.495. The molecule has 0 aliphatic heterocycles. The summed E-state index contributed by atoms with van der Waals surface area (Å²) in [5.74, 6) is -0.186. The van der Waals surface area contributed by atoms with Crippen molar-refractivity contribution in [3.05, 3.63) is 0 Å². The molecule has 0 spiro atoms. The van der Waals surface area contributed by atoms with Gasteiger partial charge in [0.15, 0.2) is 0 Å². The summed E-state index contributed by atoms with van der Waals surface area (Å²) < 4.78 is 0. The summed E-state index contributed by atoms with van der Waals surface area (Å²) in [5.41, 5.74) is 5.33. The van der Waals surface area contributed by atoms with Crippen molar-refractivity contribution in [2.45, 2.75) is 71.4 Å². The van der Waals surface area contributed by atoms with Crippen molar-refractivity contribution in [2.75, 3.05) is 6.54 Å². The monoisotopic (exact) mass is 271 g/mol. The minimum atomic E-state index is -0.305. The Bertz CT molecular complexity index is 267. The standard InChI is InChI=1S/C14H29N3O2/c1-4-5-9-13(18)16-10-7-6-8-12(14(15)19)17-11(2)3/h11-12,17H,4-10H2,1-3H3,(H2,15,19)(H,16,18).